The Bertz CT molecular complexity index is 1160. The number of ether oxygens (including phenoxy) is 2. The first kappa shape index (κ1) is 25.5. The van der Waals surface area contributed by atoms with Crippen LogP contribution in [0.25, 0.3) is 0 Å². The standard InChI is InChI=1S/C32H37NO4/c1-21(2)24-14-15-28(36-3)25(18-24)20-37-31-26-16-17-33(19-27(26)32(34)35)30(31)29(22-10-6-4-7-11-22)23-12-8-5-9-13-23/h4-15,18,21,26-27,29-31H,16-17,19-20H2,1-3H3,(H,34,35)/t26-,27-,30-,31+/m1/s1. The van der Waals surface area contributed by atoms with Crippen molar-refractivity contribution in [2.24, 2.45) is 11.8 Å². The summed E-state index contributed by atoms with van der Waals surface area (Å²) in [7, 11) is 1.69. The van der Waals surface area contributed by atoms with Gasteiger partial charge >= 0.3 is 5.97 Å². The number of aliphatic carboxylic acids is 1. The van der Waals surface area contributed by atoms with E-state index in [0.29, 0.717) is 19.1 Å². The van der Waals surface area contributed by atoms with Crippen LogP contribution in [0.2, 0.25) is 0 Å². The minimum Gasteiger partial charge on any atom is -0.496 e. The van der Waals surface area contributed by atoms with Gasteiger partial charge in [0.1, 0.15) is 5.75 Å². The Morgan fingerprint density at radius 1 is 0.973 bits per heavy atom. The van der Waals surface area contributed by atoms with E-state index in [9.17, 15) is 9.90 Å². The highest BCUT2D eigenvalue weighted by atomic mass is 16.5. The number of nitrogens with zero attached hydrogens (tertiary/aromatic N) is 1. The quantitative estimate of drug-likeness (QED) is 0.395. The zero-order valence-electron chi connectivity index (χ0n) is 21.9. The number of hydrogen-bond acceptors (Lipinski definition) is 4. The number of rotatable bonds is 9. The molecule has 37 heavy (non-hydrogen) atoms. The number of carboxylic acid groups (broad SMARTS) is 1. The maximum absolute atomic E-state index is 12.3. The molecule has 0 aromatic heterocycles. The number of fused-ring (bicyclic) bond motifs is 3. The van der Waals surface area contributed by atoms with E-state index in [1.807, 2.05) is 18.2 Å². The van der Waals surface area contributed by atoms with E-state index in [1.165, 1.54) is 16.7 Å². The van der Waals surface area contributed by atoms with Crippen molar-refractivity contribution in [1.29, 1.82) is 0 Å². The molecule has 0 spiro atoms. The molecule has 3 aromatic carbocycles. The van der Waals surface area contributed by atoms with Crippen molar-refractivity contribution in [3.63, 3.8) is 0 Å². The fourth-order valence-electron chi connectivity index (χ4n) is 6.37. The van der Waals surface area contributed by atoms with Gasteiger partial charge in [-0.15, -0.1) is 0 Å². The first-order valence-corrected chi connectivity index (χ1v) is 13.3. The Balaban J connectivity index is 1.54. The van der Waals surface area contributed by atoms with Crippen LogP contribution in [-0.4, -0.2) is 48.3 Å². The third-order valence-electron chi connectivity index (χ3n) is 8.26. The maximum Gasteiger partial charge on any atom is 0.308 e. The zero-order chi connectivity index (χ0) is 25.9. The van der Waals surface area contributed by atoms with Crippen LogP contribution in [0.4, 0.5) is 0 Å². The molecule has 0 amide bonds. The van der Waals surface area contributed by atoms with E-state index >= 15 is 0 Å². The van der Waals surface area contributed by atoms with E-state index in [0.717, 1.165) is 24.3 Å². The van der Waals surface area contributed by atoms with Crippen molar-refractivity contribution in [3.8, 4) is 5.75 Å². The fourth-order valence-corrected chi connectivity index (χ4v) is 6.37. The van der Waals surface area contributed by atoms with Crippen LogP contribution < -0.4 is 4.74 Å². The molecule has 3 saturated heterocycles. The van der Waals surface area contributed by atoms with E-state index in [-0.39, 0.29) is 24.0 Å². The van der Waals surface area contributed by atoms with Crippen molar-refractivity contribution < 1.29 is 19.4 Å². The highest BCUT2D eigenvalue weighted by molar-refractivity contribution is 5.71. The fraction of sp³-hybridized carbons (Fsp3) is 0.406. The predicted molar refractivity (Wildman–Crippen MR) is 145 cm³/mol. The monoisotopic (exact) mass is 499 g/mol. The molecule has 5 atom stereocenters. The minimum atomic E-state index is -0.725. The molecule has 0 saturated carbocycles. The van der Waals surface area contributed by atoms with E-state index in [4.69, 9.17) is 9.47 Å². The lowest BCUT2D eigenvalue weighted by Gasteiger charge is -2.55. The smallest absolute Gasteiger partial charge is 0.308 e. The van der Waals surface area contributed by atoms with Gasteiger partial charge in [0.05, 0.1) is 25.7 Å². The molecular formula is C32H37NO4. The lowest BCUT2D eigenvalue weighted by atomic mass is 9.68. The summed E-state index contributed by atoms with van der Waals surface area (Å²) in [5.41, 5.74) is 4.70. The van der Waals surface area contributed by atoms with Crippen molar-refractivity contribution in [1.82, 2.24) is 4.90 Å². The summed E-state index contributed by atoms with van der Waals surface area (Å²) < 4.78 is 12.5. The summed E-state index contributed by atoms with van der Waals surface area (Å²) in [6.07, 6.45) is 0.610. The average Bonchev–Trinajstić information content (AvgIpc) is 2.93. The molecule has 3 fully saturated rings. The molecule has 3 heterocycles. The van der Waals surface area contributed by atoms with Gasteiger partial charge in [-0.1, -0.05) is 80.6 Å². The molecule has 3 aliphatic heterocycles. The average molecular weight is 500 g/mol. The van der Waals surface area contributed by atoms with Gasteiger partial charge in [0.2, 0.25) is 0 Å². The van der Waals surface area contributed by atoms with Gasteiger partial charge in [0, 0.05) is 30.0 Å². The van der Waals surface area contributed by atoms with E-state index < -0.39 is 11.9 Å². The van der Waals surface area contributed by atoms with Crippen LogP contribution in [0.3, 0.4) is 0 Å². The van der Waals surface area contributed by atoms with Crippen molar-refractivity contribution >= 4 is 5.97 Å². The van der Waals surface area contributed by atoms with Gasteiger partial charge in [-0.3, -0.25) is 9.69 Å². The van der Waals surface area contributed by atoms with Gasteiger partial charge < -0.3 is 14.6 Å². The molecule has 194 valence electrons. The molecular weight excluding hydrogens is 462 g/mol. The Morgan fingerprint density at radius 2 is 1.62 bits per heavy atom. The summed E-state index contributed by atoms with van der Waals surface area (Å²) in [4.78, 5) is 14.7. The Labute approximate surface area is 220 Å². The molecule has 5 heteroatoms. The number of benzene rings is 3. The molecule has 5 nitrogen and oxygen atoms in total. The summed E-state index contributed by atoms with van der Waals surface area (Å²) in [6.45, 7) is 6.20. The van der Waals surface area contributed by atoms with Gasteiger partial charge in [-0.2, -0.15) is 0 Å². The number of methoxy groups -OCH3 is 1. The highest BCUT2D eigenvalue weighted by Crippen LogP contribution is 2.46. The number of piperidine rings is 3. The third kappa shape index (κ3) is 5.16. The number of hydrogen-bond donors (Lipinski definition) is 1. The van der Waals surface area contributed by atoms with Crippen molar-refractivity contribution in [3.05, 3.63) is 101 Å². The highest BCUT2D eigenvalue weighted by Gasteiger charge is 2.53. The summed E-state index contributed by atoms with van der Waals surface area (Å²) in [6, 6.07) is 27.5. The largest absolute Gasteiger partial charge is 0.496 e. The van der Waals surface area contributed by atoms with Gasteiger partial charge in [-0.25, -0.2) is 0 Å². The Kier molecular flexibility index (Phi) is 7.63. The lowest BCUT2D eigenvalue weighted by Crippen LogP contribution is -2.65. The Hall–Kier alpha value is -3.15. The van der Waals surface area contributed by atoms with Crippen LogP contribution in [0.1, 0.15) is 54.4 Å². The molecule has 3 aromatic rings. The number of carbonyl (C=O) groups is 1. The molecule has 0 aliphatic carbocycles. The summed E-state index contributed by atoms with van der Waals surface area (Å²) in [5.74, 6) is 0.0876. The summed E-state index contributed by atoms with van der Waals surface area (Å²) >= 11 is 0. The molecule has 0 radical (unpaired) electrons. The SMILES string of the molecule is COc1ccc(C(C)C)cc1CO[C@H]1[C@@H]2CCN(C[C@H]2C(=O)O)[C@@H]1C(c1ccccc1)c1ccccc1. The lowest BCUT2D eigenvalue weighted by molar-refractivity contribution is -0.172. The Morgan fingerprint density at radius 3 is 2.19 bits per heavy atom. The topological polar surface area (TPSA) is 59.0 Å². The van der Waals surface area contributed by atoms with Crippen LogP contribution in [0.15, 0.2) is 78.9 Å². The number of carboxylic acids is 1. The molecule has 2 bridgehead atoms. The van der Waals surface area contributed by atoms with Gasteiger partial charge in [-0.05, 0) is 47.7 Å². The van der Waals surface area contributed by atoms with Crippen LogP contribution in [0, 0.1) is 11.8 Å². The summed E-state index contributed by atoms with van der Waals surface area (Å²) in [5, 5.41) is 10.1. The van der Waals surface area contributed by atoms with Crippen LogP contribution >= 0.6 is 0 Å². The van der Waals surface area contributed by atoms with Crippen molar-refractivity contribution in [2.45, 2.75) is 50.9 Å². The predicted octanol–water partition coefficient (Wildman–Crippen LogP) is 5.94. The second-order valence-corrected chi connectivity index (χ2v) is 10.7. The molecule has 6 rings (SSSR count). The maximum atomic E-state index is 12.3. The molecule has 3 aliphatic rings. The molecule has 1 unspecified atom stereocenters. The van der Waals surface area contributed by atoms with Gasteiger partial charge in [0.15, 0.2) is 0 Å². The minimum absolute atomic E-state index is 0.0401. The van der Waals surface area contributed by atoms with E-state index in [2.05, 4.69) is 79.4 Å². The van der Waals surface area contributed by atoms with Gasteiger partial charge in [0.25, 0.3) is 0 Å². The third-order valence-corrected chi connectivity index (χ3v) is 8.26. The first-order valence-electron chi connectivity index (χ1n) is 13.3. The first-order chi connectivity index (χ1) is 18.0. The van der Waals surface area contributed by atoms with Crippen LogP contribution in [-0.2, 0) is 16.1 Å². The normalized spacial score (nSPS) is 24.9. The molecule has 1 N–H and O–H groups in total. The zero-order valence-corrected chi connectivity index (χ0v) is 21.9. The van der Waals surface area contributed by atoms with E-state index in [1.54, 1.807) is 7.11 Å². The second kappa shape index (κ2) is 11.1. The van der Waals surface area contributed by atoms with Crippen LogP contribution in [0.5, 0.6) is 5.75 Å². The van der Waals surface area contributed by atoms with Crippen molar-refractivity contribution in [2.75, 3.05) is 20.2 Å². The second-order valence-electron chi connectivity index (χ2n) is 10.7.